The molecule has 0 aromatic heterocycles. The molecule has 18 heavy (non-hydrogen) atoms. The van der Waals surface area contributed by atoms with E-state index in [4.69, 9.17) is 16.3 Å². The Hall–Kier alpha value is -1.17. The molecule has 1 unspecified atom stereocenters. The van der Waals surface area contributed by atoms with Crippen LogP contribution >= 0.6 is 11.6 Å². The molecule has 0 radical (unpaired) electrons. The summed E-state index contributed by atoms with van der Waals surface area (Å²) in [7, 11) is 2.00. The predicted octanol–water partition coefficient (Wildman–Crippen LogP) is 2.47. The highest BCUT2D eigenvalue weighted by Gasteiger charge is 2.21. The maximum Gasteiger partial charge on any atom is 0.288 e. The minimum absolute atomic E-state index is 0.0368. The van der Waals surface area contributed by atoms with Gasteiger partial charge in [0.1, 0.15) is 5.02 Å². The van der Waals surface area contributed by atoms with E-state index >= 15 is 0 Å². The number of nitro benzene ring substituents is 1. The minimum atomic E-state index is -0.454. The summed E-state index contributed by atoms with van der Waals surface area (Å²) >= 11 is 5.78. The van der Waals surface area contributed by atoms with Gasteiger partial charge in [-0.2, -0.15) is 0 Å². The first kappa shape index (κ1) is 13.3. The lowest BCUT2D eigenvalue weighted by Gasteiger charge is -2.22. The normalized spacial score (nSPS) is 19.4. The van der Waals surface area contributed by atoms with Gasteiger partial charge in [0.05, 0.1) is 11.5 Å². The maximum atomic E-state index is 10.8. The highest BCUT2D eigenvalue weighted by molar-refractivity contribution is 6.32. The number of halogens is 1. The van der Waals surface area contributed by atoms with Crippen LogP contribution in [0, 0.1) is 10.1 Å². The van der Waals surface area contributed by atoms with Crippen molar-refractivity contribution in [2.75, 3.05) is 20.3 Å². The monoisotopic (exact) mass is 270 g/mol. The van der Waals surface area contributed by atoms with Crippen molar-refractivity contribution >= 4 is 17.3 Å². The van der Waals surface area contributed by atoms with Gasteiger partial charge in [0.25, 0.3) is 5.69 Å². The molecule has 0 N–H and O–H groups in total. The molecule has 0 aliphatic carbocycles. The first-order valence-electron chi connectivity index (χ1n) is 5.78. The van der Waals surface area contributed by atoms with Crippen molar-refractivity contribution < 1.29 is 9.66 Å². The van der Waals surface area contributed by atoms with Gasteiger partial charge in [-0.1, -0.05) is 17.7 Å². The standard InChI is InChI=1S/C12H15ClN2O3/c1-14(10-4-5-18-8-10)7-9-2-3-11(13)12(6-9)15(16)17/h2-3,6,10H,4-5,7-8H2,1H3. The number of benzene rings is 1. The summed E-state index contributed by atoms with van der Waals surface area (Å²) in [4.78, 5) is 12.5. The van der Waals surface area contributed by atoms with Crippen LogP contribution < -0.4 is 0 Å². The average molecular weight is 271 g/mol. The molecule has 5 nitrogen and oxygen atoms in total. The molecule has 0 amide bonds. The minimum Gasteiger partial charge on any atom is -0.380 e. The molecular weight excluding hydrogens is 256 g/mol. The van der Waals surface area contributed by atoms with E-state index < -0.39 is 4.92 Å². The van der Waals surface area contributed by atoms with Crippen LogP contribution in [0.15, 0.2) is 18.2 Å². The zero-order valence-electron chi connectivity index (χ0n) is 10.1. The number of ether oxygens (including phenoxy) is 1. The number of hydrogen-bond donors (Lipinski definition) is 0. The molecule has 1 atom stereocenters. The van der Waals surface area contributed by atoms with Crippen molar-refractivity contribution in [3.05, 3.63) is 38.9 Å². The van der Waals surface area contributed by atoms with Gasteiger partial charge in [-0.3, -0.25) is 15.0 Å². The Labute approximate surface area is 110 Å². The molecule has 0 spiro atoms. The lowest BCUT2D eigenvalue weighted by molar-refractivity contribution is -0.384. The van der Waals surface area contributed by atoms with Crippen molar-refractivity contribution in [1.82, 2.24) is 4.90 Å². The third kappa shape index (κ3) is 2.98. The first-order valence-corrected chi connectivity index (χ1v) is 6.16. The summed E-state index contributed by atoms with van der Waals surface area (Å²) in [6.07, 6.45) is 1.01. The van der Waals surface area contributed by atoms with Gasteiger partial charge in [0.15, 0.2) is 0 Å². The Bertz CT molecular complexity index is 447. The van der Waals surface area contributed by atoms with E-state index in [0.717, 1.165) is 25.2 Å². The van der Waals surface area contributed by atoms with Crippen LogP contribution in [0.3, 0.4) is 0 Å². The molecule has 1 aliphatic rings. The SMILES string of the molecule is CN(Cc1ccc(Cl)c([N+](=O)[O-])c1)C1CCOC1. The number of hydrogen-bond acceptors (Lipinski definition) is 4. The van der Waals surface area contributed by atoms with Crippen molar-refractivity contribution in [1.29, 1.82) is 0 Å². The Morgan fingerprint density at radius 3 is 3.00 bits per heavy atom. The molecule has 2 rings (SSSR count). The van der Waals surface area contributed by atoms with E-state index in [-0.39, 0.29) is 10.7 Å². The van der Waals surface area contributed by atoms with Gasteiger partial charge in [-0.25, -0.2) is 0 Å². The van der Waals surface area contributed by atoms with Crippen LogP contribution in [-0.2, 0) is 11.3 Å². The molecular formula is C12H15ClN2O3. The smallest absolute Gasteiger partial charge is 0.288 e. The van der Waals surface area contributed by atoms with Crippen molar-refractivity contribution in [3.63, 3.8) is 0 Å². The third-order valence-electron chi connectivity index (χ3n) is 3.17. The number of nitrogens with zero attached hydrogens (tertiary/aromatic N) is 2. The van der Waals surface area contributed by atoms with E-state index in [1.807, 2.05) is 13.1 Å². The fourth-order valence-electron chi connectivity index (χ4n) is 2.08. The Kier molecular flexibility index (Phi) is 4.16. The largest absolute Gasteiger partial charge is 0.380 e. The van der Waals surface area contributed by atoms with Crippen molar-refractivity contribution in [2.45, 2.75) is 19.0 Å². The fourth-order valence-corrected chi connectivity index (χ4v) is 2.27. The molecule has 1 aromatic rings. The molecule has 98 valence electrons. The summed E-state index contributed by atoms with van der Waals surface area (Å²) in [5.41, 5.74) is 0.853. The Morgan fingerprint density at radius 2 is 2.39 bits per heavy atom. The Balaban J connectivity index is 2.09. The van der Waals surface area contributed by atoms with Crippen molar-refractivity contribution in [3.8, 4) is 0 Å². The van der Waals surface area contributed by atoms with Gasteiger partial charge in [0, 0.05) is 25.3 Å². The van der Waals surface area contributed by atoms with E-state index in [1.54, 1.807) is 6.07 Å². The van der Waals surface area contributed by atoms with Crippen LogP contribution in [0.25, 0.3) is 0 Å². The van der Waals surface area contributed by atoms with E-state index in [1.165, 1.54) is 6.07 Å². The summed E-state index contributed by atoms with van der Waals surface area (Å²) < 4.78 is 5.33. The third-order valence-corrected chi connectivity index (χ3v) is 3.49. The predicted molar refractivity (Wildman–Crippen MR) is 68.8 cm³/mol. The van der Waals surface area contributed by atoms with Crippen LogP contribution in [-0.4, -0.2) is 36.1 Å². The van der Waals surface area contributed by atoms with Gasteiger partial charge in [-0.05, 0) is 25.1 Å². The first-order chi connectivity index (χ1) is 8.58. The zero-order chi connectivity index (χ0) is 13.1. The summed E-state index contributed by atoms with van der Waals surface area (Å²) in [5, 5.41) is 11.0. The summed E-state index contributed by atoms with van der Waals surface area (Å²) in [6, 6.07) is 5.32. The summed E-state index contributed by atoms with van der Waals surface area (Å²) in [6.45, 7) is 2.17. The quantitative estimate of drug-likeness (QED) is 0.623. The second-order valence-electron chi connectivity index (χ2n) is 4.48. The van der Waals surface area contributed by atoms with Crippen LogP contribution in [0.4, 0.5) is 5.69 Å². The fraction of sp³-hybridized carbons (Fsp3) is 0.500. The Morgan fingerprint density at radius 1 is 1.61 bits per heavy atom. The molecule has 1 aromatic carbocycles. The van der Waals surface area contributed by atoms with Crippen molar-refractivity contribution in [2.24, 2.45) is 0 Å². The molecule has 0 saturated carbocycles. The van der Waals surface area contributed by atoms with Crippen LogP contribution in [0.1, 0.15) is 12.0 Å². The van der Waals surface area contributed by atoms with E-state index in [9.17, 15) is 10.1 Å². The lowest BCUT2D eigenvalue weighted by atomic mass is 10.1. The molecule has 0 bridgehead atoms. The summed E-state index contributed by atoms with van der Waals surface area (Å²) in [5.74, 6) is 0. The molecule has 1 saturated heterocycles. The zero-order valence-corrected chi connectivity index (χ0v) is 10.9. The lowest BCUT2D eigenvalue weighted by Crippen LogP contribution is -2.31. The maximum absolute atomic E-state index is 10.8. The van der Waals surface area contributed by atoms with E-state index in [0.29, 0.717) is 12.6 Å². The van der Waals surface area contributed by atoms with Gasteiger partial charge in [-0.15, -0.1) is 0 Å². The average Bonchev–Trinajstić information content (AvgIpc) is 2.85. The van der Waals surface area contributed by atoms with Gasteiger partial charge < -0.3 is 4.74 Å². The van der Waals surface area contributed by atoms with E-state index in [2.05, 4.69) is 4.90 Å². The number of rotatable bonds is 4. The van der Waals surface area contributed by atoms with Gasteiger partial charge >= 0.3 is 0 Å². The molecule has 1 aliphatic heterocycles. The molecule has 1 fully saturated rings. The molecule has 6 heteroatoms. The van der Waals surface area contributed by atoms with Gasteiger partial charge in [0.2, 0.25) is 0 Å². The second kappa shape index (κ2) is 5.65. The topological polar surface area (TPSA) is 55.6 Å². The molecule has 1 heterocycles. The van der Waals surface area contributed by atoms with Crippen LogP contribution in [0.2, 0.25) is 5.02 Å². The van der Waals surface area contributed by atoms with Crippen LogP contribution in [0.5, 0.6) is 0 Å². The highest BCUT2D eigenvalue weighted by atomic mass is 35.5. The number of nitro groups is 1. The second-order valence-corrected chi connectivity index (χ2v) is 4.88. The number of likely N-dealkylation sites (N-methyl/N-ethyl adjacent to an activating group) is 1. The highest BCUT2D eigenvalue weighted by Crippen LogP contribution is 2.26.